The van der Waals surface area contributed by atoms with E-state index in [0.717, 1.165) is 12.8 Å². The Morgan fingerprint density at radius 2 is 2.22 bits per heavy atom. The van der Waals surface area contributed by atoms with Gasteiger partial charge in [-0.1, -0.05) is 17.3 Å². The van der Waals surface area contributed by atoms with Crippen molar-refractivity contribution >= 4 is 0 Å². The summed E-state index contributed by atoms with van der Waals surface area (Å²) in [5, 5.41) is 2.72. The number of nitroso groups, excluding NO2 is 1. The number of allylic oxidation sites excluding steroid dienone is 1. The van der Waals surface area contributed by atoms with Crippen LogP contribution in [0, 0.1) is 4.91 Å². The van der Waals surface area contributed by atoms with Gasteiger partial charge in [0.25, 0.3) is 0 Å². The second-order valence-corrected chi connectivity index (χ2v) is 1.70. The molecule has 0 amide bonds. The molecule has 52 valence electrons. The first kappa shape index (κ1) is 8.30. The lowest BCUT2D eigenvalue weighted by molar-refractivity contribution is 0.849. The number of unbranched alkanes of at least 4 members (excludes halogenated alkanes) is 1. The molecule has 0 aromatic carbocycles. The Hall–Kier alpha value is -0.700. The molecule has 0 spiro atoms. The van der Waals surface area contributed by atoms with Gasteiger partial charge in [0, 0.05) is 6.54 Å². The van der Waals surface area contributed by atoms with Crippen LogP contribution in [0.25, 0.3) is 0 Å². The fourth-order valence-electron chi connectivity index (χ4n) is 0.488. The zero-order valence-electron chi connectivity index (χ0n) is 5.42. The van der Waals surface area contributed by atoms with Gasteiger partial charge >= 0.3 is 0 Å². The minimum absolute atomic E-state index is 0.412. The van der Waals surface area contributed by atoms with E-state index >= 15 is 0 Å². The minimum atomic E-state index is 0.412. The zero-order valence-corrected chi connectivity index (χ0v) is 5.42. The van der Waals surface area contributed by atoms with Crippen molar-refractivity contribution in [2.24, 2.45) is 10.9 Å². The van der Waals surface area contributed by atoms with Gasteiger partial charge in [0.05, 0.1) is 6.54 Å². The van der Waals surface area contributed by atoms with Crippen LogP contribution in [0.5, 0.6) is 0 Å². The van der Waals surface area contributed by atoms with Crippen LogP contribution in [0.1, 0.15) is 12.8 Å². The van der Waals surface area contributed by atoms with Gasteiger partial charge in [0.15, 0.2) is 0 Å². The maximum Gasteiger partial charge on any atom is 0.0814 e. The molecule has 0 aliphatic rings. The lowest BCUT2D eigenvalue weighted by atomic mass is 10.3. The molecule has 3 nitrogen and oxygen atoms in total. The lowest BCUT2D eigenvalue weighted by Gasteiger charge is -1.84. The van der Waals surface area contributed by atoms with E-state index in [1.54, 1.807) is 0 Å². The average molecular weight is 128 g/mol. The predicted molar refractivity (Wildman–Crippen MR) is 38.1 cm³/mol. The Morgan fingerprint density at radius 3 is 2.78 bits per heavy atom. The number of rotatable bonds is 5. The van der Waals surface area contributed by atoms with Crippen LogP contribution in [0.2, 0.25) is 0 Å². The van der Waals surface area contributed by atoms with E-state index in [0.29, 0.717) is 13.1 Å². The van der Waals surface area contributed by atoms with Crippen molar-refractivity contribution in [2.75, 3.05) is 13.1 Å². The summed E-state index contributed by atoms with van der Waals surface area (Å²) in [5.41, 5.74) is 5.17. The standard InChI is InChI=1S/C6H12N2O/c7-5-3-1-2-4-6-8-9/h1,3H,2,4-7H2. The van der Waals surface area contributed by atoms with Crippen molar-refractivity contribution in [3.63, 3.8) is 0 Å². The van der Waals surface area contributed by atoms with Crippen molar-refractivity contribution in [3.8, 4) is 0 Å². The van der Waals surface area contributed by atoms with Crippen LogP contribution >= 0.6 is 0 Å². The van der Waals surface area contributed by atoms with Gasteiger partial charge in [-0.15, -0.1) is 0 Å². The summed E-state index contributed by atoms with van der Waals surface area (Å²) in [4.78, 5) is 9.54. The van der Waals surface area contributed by atoms with Crippen LogP contribution < -0.4 is 5.73 Å². The monoisotopic (exact) mass is 128 g/mol. The van der Waals surface area contributed by atoms with Gasteiger partial charge < -0.3 is 5.73 Å². The molecule has 0 saturated carbocycles. The maximum absolute atomic E-state index is 9.54. The largest absolute Gasteiger partial charge is 0.327 e. The molecule has 9 heavy (non-hydrogen) atoms. The number of nitrogens with two attached hydrogens (primary N) is 1. The first-order valence-electron chi connectivity index (χ1n) is 3.06. The van der Waals surface area contributed by atoms with Gasteiger partial charge in [0.2, 0.25) is 0 Å². The van der Waals surface area contributed by atoms with Gasteiger partial charge in [-0.05, 0) is 12.8 Å². The van der Waals surface area contributed by atoms with E-state index in [4.69, 9.17) is 5.73 Å². The second-order valence-electron chi connectivity index (χ2n) is 1.70. The normalized spacial score (nSPS) is 10.3. The average Bonchev–Trinajstić information content (AvgIpc) is 1.89. The molecule has 2 N–H and O–H groups in total. The van der Waals surface area contributed by atoms with E-state index in [1.165, 1.54) is 0 Å². The highest BCUT2D eigenvalue weighted by Gasteiger charge is 1.79. The van der Waals surface area contributed by atoms with Crippen LogP contribution in [0.3, 0.4) is 0 Å². The smallest absolute Gasteiger partial charge is 0.0814 e. The first-order valence-corrected chi connectivity index (χ1v) is 3.06. The SMILES string of the molecule is NCC=CCCCN=O. The van der Waals surface area contributed by atoms with Crippen LogP contribution in [-0.2, 0) is 0 Å². The Kier molecular flexibility index (Phi) is 6.73. The van der Waals surface area contributed by atoms with Crippen LogP contribution in [-0.4, -0.2) is 13.1 Å². The Labute approximate surface area is 54.9 Å². The predicted octanol–water partition coefficient (Wildman–Crippen LogP) is 1.05. The molecule has 0 fully saturated rings. The fraction of sp³-hybridized carbons (Fsp3) is 0.667. The molecule has 3 heteroatoms. The summed E-state index contributed by atoms with van der Waals surface area (Å²) in [7, 11) is 0. The lowest BCUT2D eigenvalue weighted by Crippen LogP contribution is -1.92. The van der Waals surface area contributed by atoms with Crippen molar-refractivity contribution in [1.29, 1.82) is 0 Å². The summed E-state index contributed by atoms with van der Waals surface area (Å²) >= 11 is 0. The van der Waals surface area contributed by atoms with E-state index < -0.39 is 0 Å². The highest BCUT2D eigenvalue weighted by Crippen LogP contribution is 1.89. The zero-order chi connectivity index (χ0) is 6.95. The Bertz CT molecular complexity index is 91.1. The van der Waals surface area contributed by atoms with Crippen molar-refractivity contribution < 1.29 is 0 Å². The molecule has 0 aliphatic heterocycles. The van der Waals surface area contributed by atoms with Crippen molar-refractivity contribution in [1.82, 2.24) is 0 Å². The molecule has 0 aromatic rings. The summed E-state index contributed by atoms with van der Waals surface area (Å²) in [6.07, 6.45) is 5.58. The van der Waals surface area contributed by atoms with Crippen LogP contribution in [0.4, 0.5) is 0 Å². The number of nitrogens with zero attached hydrogens (tertiary/aromatic N) is 1. The molecule has 0 saturated heterocycles. The van der Waals surface area contributed by atoms with Gasteiger partial charge in [0.1, 0.15) is 0 Å². The van der Waals surface area contributed by atoms with Gasteiger partial charge in [-0.25, -0.2) is 0 Å². The molecule has 0 unspecified atom stereocenters. The van der Waals surface area contributed by atoms with E-state index in [2.05, 4.69) is 5.18 Å². The van der Waals surface area contributed by atoms with Crippen molar-refractivity contribution in [2.45, 2.75) is 12.8 Å². The third-order valence-electron chi connectivity index (χ3n) is 0.923. The molecule has 0 heterocycles. The third-order valence-corrected chi connectivity index (χ3v) is 0.923. The van der Waals surface area contributed by atoms with Crippen LogP contribution in [0.15, 0.2) is 17.3 Å². The fourth-order valence-corrected chi connectivity index (χ4v) is 0.488. The molecular formula is C6H12N2O. The molecule has 0 bridgehead atoms. The van der Waals surface area contributed by atoms with Crippen molar-refractivity contribution in [3.05, 3.63) is 17.1 Å². The summed E-state index contributed by atoms with van der Waals surface area (Å²) < 4.78 is 0. The van der Waals surface area contributed by atoms with Gasteiger partial charge in [-0.3, -0.25) is 0 Å². The topological polar surface area (TPSA) is 55.4 Å². The Balaban J connectivity index is 2.90. The molecular weight excluding hydrogens is 116 g/mol. The molecule has 0 atom stereocenters. The quantitative estimate of drug-likeness (QED) is 0.342. The minimum Gasteiger partial charge on any atom is -0.327 e. The highest BCUT2D eigenvalue weighted by atomic mass is 16.3. The molecule has 0 aromatic heterocycles. The van der Waals surface area contributed by atoms with Gasteiger partial charge in [-0.2, -0.15) is 4.91 Å². The van der Waals surface area contributed by atoms with E-state index in [-0.39, 0.29) is 0 Å². The number of hydrogen-bond donors (Lipinski definition) is 1. The number of hydrogen-bond acceptors (Lipinski definition) is 3. The third kappa shape index (κ3) is 7.30. The maximum atomic E-state index is 9.54. The summed E-state index contributed by atoms with van der Waals surface area (Å²) in [6.45, 7) is 0.990. The van der Waals surface area contributed by atoms with E-state index in [1.807, 2.05) is 12.2 Å². The molecule has 0 rings (SSSR count). The van der Waals surface area contributed by atoms with E-state index in [9.17, 15) is 4.91 Å². The molecule has 0 radical (unpaired) electrons. The molecule has 0 aliphatic carbocycles. The summed E-state index contributed by atoms with van der Waals surface area (Å²) in [5.74, 6) is 0. The first-order chi connectivity index (χ1) is 4.41. The Morgan fingerprint density at radius 1 is 1.44 bits per heavy atom. The highest BCUT2D eigenvalue weighted by molar-refractivity contribution is 4.82. The summed E-state index contributed by atoms with van der Waals surface area (Å²) in [6, 6.07) is 0. The second kappa shape index (κ2) is 7.30.